The third-order valence-corrected chi connectivity index (χ3v) is 4.84. The van der Waals surface area contributed by atoms with Crippen molar-refractivity contribution in [2.24, 2.45) is 0 Å². The number of carbonyl (C=O) groups excluding carboxylic acids is 2. The van der Waals surface area contributed by atoms with Crippen LogP contribution in [0.5, 0.6) is 0 Å². The van der Waals surface area contributed by atoms with E-state index in [-0.39, 0.29) is 17.9 Å². The summed E-state index contributed by atoms with van der Waals surface area (Å²) in [5, 5.41) is 6.21. The summed E-state index contributed by atoms with van der Waals surface area (Å²) < 4.78 is 0. The Kier molecular flexibility index (Phi) is 6.12. The van der Waals surface area contributed by atoms with Gasteiger partial charge in [-0.05, 0) is 43.5 Å². The average Bonchev–Trinajstić information content (AvgIpc) is 3.06. The Labute approximate surface area is 160 Å². The first kappa shape index (κ1) is 19.0. The van der Waals surface area contributed by atoms with Crippen molar-refractivity contribution in [3.63, 3.8) is 0 Å². The highest BCUT2D eigenvalue weighted by Gasteiger charge is 2.20. The number of nitrogens with one attached hydrogen (secondary N) is 2. The summed E-state index contributed by atoms with van der Waals surface area (Å²) in [4.78, 5) is 26.0. The van der Waals surface area contributed by atoms with E-state index >= 15 is 0 Å². The number of benzene rings is 2. The van der Waals surface area contributed by atoms with E-state index in [9.17, 15) is 9.59 Å². The Morgan fingerprint density at radius 3 is 2.63 bits per heavy atom. The molecule has 1 heterocycles. The molecule has 2 N–H and O–H groups in total. The van der Waals surface area contributed by atoms with E-state index in [1.165, 1.54) is 5.56 Å². The minimum absolute atomic E-state index is 0.0456. The lowest BCUT2D eigenvalue weighted by atomic mass is 10.1. The molecule has 1 aliphatic rings. The predicted octanol–water partition coefficient (Wildman–Crippen LogP) is 3.23. The lowest BCUT2D eigenvalue weighted by Crippen LogP contribution is -2.37. The van der Waals surface area contributed by atoms with Gasteiger partial charge in [-0.15, -0.1) is 0 Å². The highest BCUT2D eigenvalue weighted by molar-refractivity contribution is 5.84. The summed E-state index contributed by atoms with van der Waals surface area (Å²) in [6, 6.07) is 15.7. The third kappa shape index (κ3) is 5.33. The molecule has 142 valence electrons. The summed E-state index contributed by atoms with van der Waals surface area (Å²) in [6.45, 7) is 5.86. The van der Waals surface area contributed by atoms with Crippen LogP contribution in [0.2, 0.25) is 0 Å². The van der Waals surface area contributed by atoms with Crippen LogP contribution in [0.4, 0.5) is 5.69 Å². The molecular weight excluding hydrogens is 338 g/mol. The van der Waals surface area contributed by atoms with E-state index < -0.39 is 0 Å². The normalized spacial score (nSPS) is 14.9. The molecular formula is C22H27N3O2. The molecule has 0 unspecified atom stereocenters. The van der Waals surface area contributed by atoms with Crippen molar-refractivity contribution in [3.8, 4) is 0 Å². The molecule has 5 nitrogen and oxygen atoms in total. The van der Waals surface area contributed by atoms with Crippen molar-refractivity contribution < 1.29 is 9.59 Å². The summed E-state index contributed by atoms with van der Waals surface area (Å²) in [5.74, 6) is 0.174. The summed E-state index contributed by atoms with van der Waals surface area (Å²) in [5.41, 5.74) is 4.24. The van der Waals surface area contributed by atoms with Gasteiger partial charge < -0.3 is 15.5 Å². The molecule has 3 rings (SSSR count). The van der Waals surface area contributed by atoms with Crippen molar-refractivity contribution in [1.82, 2.24) is 10.2 Å². The molecule has 0 aromatic heterocycles. The van der Waals surface area contributed by atoms with Crippen molar-refractivity contribution in [1.29, 1.82) is 0 Å². The van der Waals surface area contributed by atoms with Crippen LogP contribution in [0.15, 0.2) is 48.5 Å². The number of anilines is 1. The van der Waals surface area contributed by atoms with Gasteiger partial charge in [0.1, 0.15) is 6.04 Å². The molecule has 0 bridgehead atoms. The van der Waals surface area contributed by atoms with Crippen LogP contribution >= 0.6 is 0 Å². The summed E-state index contributed by atoms with van der Waals surface area (Å²) in [7, 11) is 0. The third-order valence-electron chi connectivity index (χ3n) is 4.84. The van der Waals surface area contributed by atoms with Gasteiger partial charge in [-0.3, -0.25) is 9.59 Å². The minimum atomic E-state index is -0.348. The first-order valence-electron chi connectivity index (χ1n) is 9.48. The standard InChI is InChI=1S/C22H27N3O2/c1-16-8-10-18(11-9-16)14-23-22(27)17(2)24-20-6-3-5-19(13-20)15-25-12-4-7-21(25)26/h3,5-6,8-11,13,17,24H,4,7,12,14-15H2,1-2H3,(H,23,27)/t17-/m0/s1. The first-order valence-corrected chi connectivity index (χ1v) is 9.48. The quantitative estimate of drug-likeness (QED) is 0.792. The van der Waals surface area contributed by atoms with Crippen LogP contribution in [0, 0.1) is 6.92 Å². The maximum atomic E-state index is 12.4. The maximum Gasteiger partial charge on any atom is 0.242 e. The highest BCUT2D eigenvalue weighted by atomic mass is 16.2. The van der Waals surface area contributed by atoms with Gasteiger partial charge in [-0.25, -0.2) is 0 Å². The van der Waals surface area contributed by atoms with Crippen LogP contribution in [0.1, 0.15) is 36.5 Å². The number of likely N-dealkylation sites (tertiary alicyclic amines) is 1. The lowest BCUT2D eigenvalue weighted by Gasteiger charge is -2.18. The molecule has 0 radical (unpaired) electrons. The molecule has 2 aromatic carbocycles. The molecule has 0 aliphatic carbocycles. The molecule has 1 fully saturated rings. The number of hydrogen-bond donors (Lipinski definition) is 2. The van der Waals surface area contributed by atoms with Crippen molar-refractivity contribution in [2.45, 2.75) is 45.8 Å². The fourth-order valence-corrected chi connectivity index (χ4v) is 3.21. The van der Waals surface area contributed by atoms with Gasteiger partial charge in [0.05, 0.1) is 0 Å². The van der Waals surface area contributed by atoms with Gasteiger partial charge in [0.2, 0.25) is 11.8 Å². The van der Waals surface area contributed by atoms with Gasteiger partial charge >= 0.3 is 0 Å². The van der Waals surface area contributed by atoms with E-state index in [4.69, 9.17) is 0 Å². The van der Waals surface area contributed by atoms with Gasteiger partial charge in [0.15, 0.2) is 0 Å². The molecule has 5 heteroatoms. The molecule has 27 heavy (non-hydrogen) atoms. The largest absolute Gasteiger partial charge is 0.374 e. The van der Waals surface area contributed by atoms with Gasteiger partial charge in [0, 0.05) is 31.7 Å². The van der Waals surface area contributed by atoms with Crippen LogP contribution in [-0.2, 0) is 22.7 Å². The smallest absolute Gasteiger partial charge is 0.242 e. The van der Waals surface area contributed by atoms with Crippen molar-refractivity contribution in [2.75, 3.05) is 11.9 Å². The second kappa shape index (κ2) is 8.71. The second-order valence-electron chi connectivity index (χ2n) is 7.19. The Bertz CT molecular complexity index is 801. The maximum absolute atomic E-state index is 12.4. The molecule has 1 aliphatic heterocycles. The van der Waals surface area contributed by atoms with E-state index in [2.05, 4.69) is 10.6 Å². The van der Waals surface area contributed by atoms with E-state index in [0.717, 1.165) is 29.8 Å². The number of nitrogens with zero attached hydrogens (tertiary/aromatic N) is 1. The van der Waals surface area contributed by atoms with Crippen LogP contribution in [0.25, 0.3) is 0 Å². The van der Waals surface area contributed by atoms with Crippen molar-refractivity contribution >= 4 is 17.5 Å². The van der Waals surface area contributed by atoms with Gasteiger partial charge in [-0.2, -0.15) is 0 Å². The van der Waals surface area contributed by atoms with Crippen molar-refractivity contribution in [3.05, 3.63) is 65.2 Å². The Balaban J connectivity index is 1.52. The number of aryl methyl sites for hydroxylation is 1. The molecule has 1 atom stereocenters. The first-order chi connectivity index (χ1) is 13.0. The van der Waals surface area contributed by atoms with Gasteiger partial charge in [-0.1, -0.05) is 42.0 Å². The van der Waals surface area contributed by atoms with Crippen LogP contribution in [0.3, 0.4) is 0 Å². The Hall–Kier alpha value is -2.82. The zero-order valence-electron chi connectivity index (χ0n) is 16.0. The molecule has 2 aromatic rings. The SMILES string of the molecule is Cc1ccc(CNC(=O)[C@H](C)Nc2cccc(CN3CCCC3=O)c2)cc1. The number of rotatable bonds is 7. The van der Waals surface area contributed by atoms with Crippen LogP contribution < -0.4 is 10.6 Å². The second-order valence-corrected chi connectivity index (χ2v) is 7.19. The molecule has 1 saturated heterocycles. The van der Waals surface area contributed by atoms with E-state index in [1.54, 1.807) is 0 Å². The van der Waals surface area contributed by atoms with E-state index in [1.807, 2.05) is 67.3 Å². The Morgan fingerprint density at radius 1 is 1.15 bits per heavy atom. The van der Waals surface area contributed by atoms with E-state index in [0.29, 0.717) is 19.5 Å². The number of amides is 2. The predicted molar refractivity (Wildman–Crippen MR) is 107 cm³/mol. The topological polar surface area (TPSA) is 61.4 Å². The van der Waals surface area contributed by atoms with Gasteiger partial charge in [0.25, 0.3) is 0 Å². The Morgan fingerprint density at radius 2 is 1.93 bits per heavy atom. The zero-order chi connectivity index (χ0) is 19.2. The highest BCUT2D eigenvalue weighted by Crippen LogP contribution is 2.17. The number of carbonyl (C=O) groups is 2. The molecule has 2 amide bonds. The fourth-order valence-electron chi connectivity index (χ4n) is 3.21. The minimum Gasteiger partial charge on any atom is -0.374 e. The number of hydrogen-bond acceptors (Lipinski definition) is 3. The van der Waals surface area contributed by atoms with Crippen LogP contribution in [-0.4, -0.2) is 29.3 Å². The molecule has 0 saturated carbocycles. The molecule has 0 spiro atoms. The monoisotopic (exact) mass is 365 g/mol. The lowest BCUT2D eigenvalue weighted by molar-refractivity contribution is -0.128. The summed E-state index contributed by atoms with van der Waals surface area (Å²) in [6.07, 6.45) is 1.59. The average molecular weight is 365 g/mol. The fraction of sp³-hybridized carbons (Fsp3) is 0.364. The summed E-state index contributed by atoms with van der Waals surface area (Å²) >= 11 is 0. The zero-order valence-corrected chi connectivity index (χ0v) is 16.0.